The summed E-state index contributed by atoms with van der Waals surface area (Å²) in [7, 11) is 6.96. The SMILES string of the molecule is CCCCO[C@H]1[C@H](C)O[C@@H](O[C@H]2[C@H](C)[C@@H](O[C@@H]3O[C@H](C)C[C@H](N(C)C)[C@H]3O)[C@](C)(OC)C[C@@H](C)C(=O)[C@H](C)[C@@H](O)[C@](C)(O)[C@@H](CC)OC(=O)[C@@H]2C)C[C@@]1(C)OC. The van der Waals surface area contributed by atoms with Crippen LogP contribution in [0.3, 0.4) is 0 Å². The molecule has 3 aliphatic heterocycles. The standard InChI is InChI=1S/C42H77NO13/c1-16-18-19-51-37-28(8)53-31(22-41(37,10)50-15)55-34-26(6)36(56-39-33(45)29(43(12)13)20-24(4)52-39)40(9,49-14)21-23(3)32(44)25(5)35(46)42(11,48)30(17-2)54-38(47)27(34)7/h23-31,33-37,39,45-46,48H,16-22H2,1-15H3/t23-,24-,25+,26+,27-,28+,29+,30-,31+,33-,34+,35-,36-,37+,39+,40-,41-,42-/m1/s1. The van der Waals surface area contributed by atoms with Crippen LogP contribution < -0.4 is 0 Å². The summed E-state index contributed by atoms with van der Waals surface area (Å²) in [6.45, 7) is 20.3. The number of ether oxygens (including phenoxy) is 8. The Morgan fingerprint density at radius 1 is 0.857 bits per heavy atom. The molecule has 0 aliphatic carbocycles. The first kappa shape index (κ1) is 49.1. The van der Waals surface area contributed by atoms with E-state index in [1.54, 1.807) is 34.8 Å². The summed E-state index contributed by atoms with van der Waals surface area (Å²) < 4.78 is 51.3. The number of rotatable bonds is 12. The molecule has 18 atom stereocenters. The number of cyclic esters (lactones) is 1. The maximum absolute atomic E-state index is 14.3. The average molecular weight is 804 g/mol. The molecule has 0 saturated carbocycles. The van der Waals surface area contributed by atoms with Crippen molar-refractivity contribution in [2.75, 3.05) is 34.9 Å². The van der Waals surface area contributed by atoms with E-state index >= 15 is 0 Å². The summed E-state index contributed by atoms with van der Waals surface area (Å²) in [5.41, 5.74) is -3.99. The molecule has 0 spiro atoms. The van der Waals surface area contributed by atoms with Crippen molar-refractivity contribution in [1.29, 1.82) is 0 Å². The van der Waals surface area contributed by atoms with Crippen LogP contribution in [0.5, 0.6) is 0 Å². The van der Waals surface area contributed by atoms with E-state index in [9.17, 15) is 24.9 Å². The lowest BCUT2D eigenvalue weighted by Crippen LogP contribution is -2.61. The van der Waals surface area contributed by atoms with Gasteiger partial charge >= 0.3 is 5.97 Å². The fraction of sp³-hybridized carbons (Fsp3) is 0.952. The molecule has 56 heavy (non-hydrogen) atoms. The zero-order valence-corrected chi connectivity index (χ0v) is 37.0. The molecule has 3 heterocycles. The monoisotopic (exact) mass is 804 g/mol. The van der Waals surface area contributed by atoms with Crippen molar-refractivity contribution in [3.05, 3.63) is 0 Å². The van der Waals surface area contributed by atoms with Crippen LogP contribution in [0.15, 0.2) is 0 Å². The number of carbonyl (C=O) groups is 2. The lowest BCUT2D eigenvalue weighted by atomic mass is 9.74. The molecule has 0 radical (unpaired) electrons. The predicted molar refractivity (Wildman–Crippen MR) is 210 cm³/mol. The number of methoxy groups -OCH3 is 2. The van der Waals surface area contributed by atoms with E-state index in [4.69, 9.17) is 37.9 Å². The third-order valence-corrected chi connectivity index (χ3v) is 13.0. The second-order valence-corrected chi connectivity index (χ2v) is 17.8. The van der Waals surface area contributed by atoms with Crippen molar-refractivity contribution in [3.63, 3.8) is 0 Å². The molecular formula is C42H77NO13. The molecule has 3 N–H and O–H groups in total. The molecule has 3 rings (SSSR count). The first-order valence-corrected chi connectivity index (χ1v) is 20.9. The maximum Gasteiger partial charge on any atom is 0.311 e. The van der Waals surface area contributed by atoms with Gasteiger partial charge in [0.1, 0.15) is 29.7 Å². The third-order valence-electron chi connectivity index (χ3n) is 13.0. The minimum atomic E-state index is -1.95. The van der Waals surface area contributed by atoms with Gasteiger partial charge in [-0.25, -0.2) is 0 Å². The van der Waals surface area contributed by atoms with Gasteiger partial charge in [-0.1, -0.05) is 41.0 Å². The van der Waals surface area contributed by atoms with E-state index in [2.05, 4.69) is 6.92 Å². The summed E-state index contributed by atoms with van der Waals surface area (Å²) in [6.07, 6.45) is -5.65. The van der Waals surface area contributed by atoms with Gasteiger partial charge in [0.15, 0.2) is 12.6 Å². The summed E-state index contributed by atoms with van der Waals surface area (Å²) in [4.78, 5) is 30.3. The second kappa shape index (κ2) is 20.3. The summed E-state index contributed by atoms with van der Waals surface area (Å²) >= 11 is 0. The molecular weight excluding hydrogens is 726 g/mol. The first-order chi connectivity index (χ1) is 26.0. The highest BCUT2D eigenvalue weighted by Crippen LogP contribution is 2.42. The number of likely N-dealkylation sites (N-methyl/N-ethyl adjacent to an activating group) is 1. The molecule has 3 fully saturated rings. The van der Waals surface area contributed by atoms with E-state index in [1.807, 2.05) is 53.6 Å². The van der Waals surface area contributed by atoms with E-state index < -0.39 is 95.6 Å². The Bertz CT molecular complexity index is 1250. The number of hydrogen-bond acceptors (Lipinski definition) is 14. The predicted octanol–water partition coefficient (Wildman–Crippen LogP) is 4.26. The Hall–Kier alpha value is -1.30. The van der Waals surface area contributed by atoms with Gasteiger partial charge in [-0.3, -0.25) is 9.59 Å². The summed E-state index contributed by atoms with van der Waals surface area (Å²) in [6, 6.07) is -0.273. The normalized spacial score (nSPS) is 46.4. The smallest absolute Gasteiger partial charge is 0.311 e. The summed E-state index contributed by atoms with van der Waals surface area (Å²) in [5.74, 6) is -4.34. The van der Waals surface area contributed by atoms with Crippen molar-refractivity contribution in [2.24, 2.45) is 23.7 Å². The number of unbranched alkanes of at least 4 members (excludes halogenated alkanes) is 1. The number of aliphatic hydroxyl groups is 3. The van der Waals surface area contributed by atoms with Gasteiger partial charge in [0, 0.05) is 51.0 Å². The van der Waals surface area contributed by atoms with Crippen molar-refractivity contribution < 1.29 is 62.8 Å². The van der Waals surface area contributed by atoms with E-state index in [0.29, 0.717) is 13.0 Å². The van der Waals surface area contributed by atoms with Gasteiger partial charge in [-0.2, -0.15) is 0 Å². The molecule has 0 aromatic heterocycles. The van der Waals surface area contributed by atoms with Gasteiger partial charge in [-0.05, 0) is 81.3 Å². The largest absolute Gasteiger partial charge is 0.459 e. The lowest BCUT2D eigenvalue weighted by Gasteiger charge is -2.50. The van der Waals surface area contributed by atoms with Crippen LogP contribution >= 0.6 is 0 Å². The fourth-order valence-corrected chi connectivity index (χ4v) is 9.24. The minimum absolute atomic E-state index is 0.129. The Morgan fingerprint density at radius 2 is 1.46 bits per heavy atom. The number of ketones is 1. The number of carbonyl (C=O) groups excluding carboxylic acids is 2. The molecule has 0 aromatic carbocycles. The number of nitrogens with zero attached hydrogens (tertiary/aromatic N) is 1. The van der Waals surface area contributed by atoms with Crippen molar-refractivity contribution in [3.8, 4) is 0 Å². The molecule has 328 valence electrons. The molecule has 0 amide bonds. The van der Waals surface area contributed by atoms with Gasteiger partial charge in [0.2, 0.25) is 0 Å². The Balaban J connectivity index is 2.20. The van der Waals surface area contributed by atoms with Crippen LogP contribution in [0.2, 0.25) is 0 Å². The number of Topliss-reactive ketones (excluding diaryl/α,β-unsaturated/α-hetero) is 1. The number of esters is 1. The van der Waals surface area contributed by atoms with Crippen LogP contribution in [-0.2, 0) is 47.5 Å². The molecule has 3 aliphatic rings. The second-order valence-electron chi connectivity index (χ2n) is 17.8. The minimum Gasteiger partial charge on any atom is -0.459 e. The van der Waals surface area contributed by atoms with Crippen LogP contribution in [0.25, 0.3) is 0 Å². The third kappa shape index (κ3) is 10.9. The highest BCUT2D eigenvalue weighted by molar-refractivity contribution is 5.83. The van der Waals surface area contributed by atoms with E-state index in [0.717, 1.165) is 12.8 Å². The van der Waals surface area contributed by atoms with Crippen LogP contribution in [0.4, 0.5) is 0 Å². The van der Waals surface area contributed by atoms with E-state index in [1.165, 1.54) is 14.0 Å². The molecule has 14 heteroatoms. The zero-order valence-electron chi connectivity index (χ0n) is 37.0. The molecule has 3 saturated heterocycles. The fourth-order valence-electron chi connectivity index (χ4n) is 9.24. The van der Waals surface area contributed by atoms with Gasteiger partial charge in [0.25, 0.3) is 0 Å². The topological polar surface area (TPSA) is 172 Å². The van der Waals surface area contributed by atoms with Crippen molar-refractivity contribution in [2.45, 2.75) is 199 Å². The van der Waals surface area contributed by atoms with Gasteiger partial charge < -0.3 is 58.1 Å². The quantitative estimate of drug-likeness (QED) is 0.189. The Morgan fingerprint density at radius 3 is 2.02 bits per heavy atom. The number of aliphatic hydroxyl groups excluding tert-OH is 2. The van der Waals surface area contributed by atoms with Crippen molar-refractivity contribution >= 4 is 11.8 Å². The maximum atomic E-state index is 14.3. The molecule has 0 unspecified atom stereocenters. The average Bonchev–Trinajstić information content (AvgIpc) is 3.14. The lowest BCUT2D eigenvalue weighted by molar-refractivity contribution is -0.322. The number of hydrogen-bond donors (Lipinski definition) is 3. The molecule has 0 aromatic rings. The Kier molecular flexibility index (Phi) is 17.8. The van der Waals surface area contributed by atoms with Crippen LogP contribution in [0.1, 0.15) is 115 Å². The first-order valence-electron chi connectivity index (χ1n) is 20.9. The van der Waals surface area contributed by atoms with E-state index in [-0.39, 0.29) is 43.3 Å². The molecule has 0 bridgehead atoms. The van der Waals surface area contributed by atoms with Gasteiger partial charge in [-0.15, -0.1) is 0 Å². The van der Waals surface area contributed by atoms with Crippen LogP contribution in [-0.4, -0.2) is 151 Å². The van der Waals surface area contributed by atoms with Crippen LogP contribution in [0, 0.1) is 23.7 Å². The summed E-state index contributed by atoms with van der Waals surface area (Å²) in [5, 5.41) is 34.9. The highest BCUT2D eigenvalue weighted by Gasteiger charge is 2.54. The molecule has 14 nitrogen and oxygen atoms in total. The van der Waals surface area contributed by atoms with Gasteiger partial charge in [0.05, 0.1) is 47.6 Å². The Labute approximate surface area is 336 Å². The highest BCUT2D eigenvalue weighted by atomic mass is 16.7. The zero-order chi connectivity index (χ0) is 42.5. The van der Waals surface area contributed by atoms with Crippen molar-refractivity contribution in [1.82, 2.24) is 4.90 Å².